The molecule has 4 N–H and O–H groups in total. The molecule has 48 heavy (non-hydrogen) atoms. The molecule has 13 heteroatoms. The molecule has 0 spiro atoms. The van der Waals surface area contributed by atoms with Crippen LogP contribution in [0.3, 0.4) is 0 Å². The van der Waals surface area contributed by atoms with Crippen molar-refractivity contribution in [1.29, 1.82) is 0 Å². The number of allylic oxidation sites excluding steroid dienone is 1. The molecule has 4 aromatic rings. The van der Waals surface area contributed by atoms with Crippen LogP contribution in [0.15, 0.2) is 98.1 Å². The highest BCUT2D eigenvalue weighted by molar-refractivity contribution is 9.11. The van der Waals surface area contributed by atoms with E-state index in [2.05, 4.69) is 77.3 Å². The van der Waals surface area contributed by atoms with Crippen molar-refractivity contribution in [1.82, 2.24) is 16.1 Å². The van der Waals surface area contributed by atoms with Gasteiger partial charge in [-0.3, -0.25) is 5.43 Å². The summed E-state index contributed by atoms with van der Waals surface area (Å²) in [6, 6.07) is 21.9. The summed E-state index contributed by atoms with van der Waals surface area (Å²) in [6.07, 6.45) is 0.417. The molecule has 1 heterocycles. The average molecular weight is 782 g/mol. The van der Waals surface area contributed by atoms with E-state index in [0.29, 0.717) is 41.7 Å². The fraction of sp³-hybridized carbons (Fsp3) is 0.229. The summed E-state index contributed by atoms with van der Waals surface area (Å²) < 4.78 is 24.2. The van der Waals surface area contributed by atoms with Crippen LogP contribution in [0, 0.1) is 0 Å². The molecule has 250 valence electrons. The Bertz CT molecular complexity index is 1850. The normalized spacial score (nSPS) is 15.1. The molecular weight excluding hydrogens is 748 g/mol. The molecular formula is C35H34Br2N4O7. The molecule has 0 aliphatic carbocycles. The fourth-order valence-corrected chi connectivity index (χ4v) is 6.63. The third-order valence-electron chi connectivity index (χ3n) is 7.38. The number of esters is 1. The third-order valence-corrected chi connectivity index (χ3v) is 8.56. The largest absolute Gasteiger partial charge is 0.490 e. The quantitative estimate of drug-likeness (QED) is 0.0525. The first kappa shape index (κ1) is 34.7. The van der Waals surface area contributed by atoms with E-state index >= 15 is 0 Å². The number of urea groups is 1. The lowest BCUT2D eigenvalue weighted by molar-refractivity contribution is -0.136. The predicted molar refractivity (Wildman–Crippen MR) is 189 cm³/mol. The van der Waals surface area contributed by atoms with Crippen LogP contribution in [0.4, 0.5) is 4.79 Å². The van der Waals surface area contributed by atoms with E-state index < -0.39 is 24.3 Å². The number of hydrogen-bond donors (Lipinski definition) is 4. The number of hydrazone groups is 1. The van der Waals surface area contributed by atoms with Crippen molar-refractivity contribution in [2.45, 2.75) is 32.7 Å². The van der Waals surface area contributed by atoms with Crippen molar-refractivity contribution in [3.8, 4) is 17.2 Å². The zero-order chi connectivity index (χ0) is 34.2. The molecule has 0 radical (unpaired) electrons. The minimum atomic E-state index is -1.15. The molecule has 0 saturated carbocycles. The highest BCUT2D eigenvalue weighted by Crippen LogP contribution is 2.36. The standard InChI is InChI=1S/C35H34Br2N4O7/c1-4-46-29-16-23(32-31(34(43)45-3)20(2)39-35(44)40-32)12-13-28(29)47-19-30(42)41-38-17-21-14-26(36)33(27(37)15-21)48-18-24-10-7-9-22-8-5-6-11-25(22)24/h5-17,30,32,41-42H,4,18-19H2,1-3H3,(H2,39,40,44)/b38-17-/t30-,32+/m1/s1. The lowest BCUT2D eigenvalue weighted by Crippen LogP contribution is -2.45. The number of ether oxygens (including phenoxy) is 4. The number of aliphatic hydroxyl groups is 1. The molecule has 4 aromatic carbocycles. The maximum Gasteiger partial charge on any atom is 0.337 e. The number of halogens is 2. The van der Waals surface area contributed by atoms with Gasteiger partial charge in [-0.1, -0.05) is 48.5 Å². The highest BCUT2D eigenvalue weighted by atomic mass is 79.9. The molecule has 0 aromatic heterocycles. The van der Waals surface area contributed by atoms with Crippen LogP contribution in [0.2, 0.25) is 0 Å². The van der Waals surface area contributed by atoms with Crippen LogP contribution in [0.25, 0.3) is 10.8 Å². The molecule has 1 aliphatic rings. The van der Waals surface area contributed by atoms with Gasteiger partial charge in [-0.05, 0) is 97.4 Å². The van der Waals surface area contributed by atoms with Gasteiger partial charge in [0.15, 0.2) is 17.7 Å². The van der Waals surface area contributed by atoms with Gasteiger partial charge in [0.25, 0.3) is 0 Å². The molecule has 0 saturated heterocycles. The Morgan fingerprint density at radius 3 is 2.52 bits per heavy atom. The van der Waals surface area contributed by atoms with E-state index in [4.69, 9.17) is 18.9 Å². The zero-order valence-electron chi connectivity index (χ0n) is 26.4. The van der Waals surface area contributed by atoms with E-state index in [0.717, 1.165) is 30.8 Å². The lowest BCUT2D eigenvalue weighted by atomic mass is 9.95. The van der Waals surface area contributed by atoms with Gasteiger partial charge in [0.05, 0.1) is 40.5 Å². The Kier molecular flexibility index (Phi) is 11.6. The van der Waals surface area contributed by atoms with E-state index in [1.54, 1.807) is 31.3 Å². The van der Waals surface area contributed by atoms with E-state index in [9.17, 15) is 14.7 Å². The number of nitrogens with one attached hydrogen (secondary N) is 3. The van der Waals surface area contributed by atoms with Gasteiger partial charge >= 0.3 is 12.0 Å². The molecule has 2 amide bonds. The second kappa shape index (κ2) is 16.0. The first-order chi connectivity index (χ1) is 23.2. The minimum Gasteiger partial charge on any atom is -0.490 e. The van der Waals surface area contributed by atoms with Gasteiger partial charge in [0.2, 0.25) is 0 Å². The first-order valence-electron chi connectivity index (χ1n) is 15.0. The number of nitrogens with zero attached hydrogens (tertiary/aromatic N) is 1. The van der Waals surface area contributed by atoms with Crippen LogP contribution in [0.5, 0.6) is 17.2 Å². The van der Waals surface area contributed by atoms with E-state index in [1.165, 1.54) is 7.11 Å². The van der Waals surface area contributed by atoms with E-state index in [1.807, 2.05) is 37.3 Å². The Labute approximate surface area is 294 Å². The van der Waals surface area contributed by atoms with Gasteiger partial charge in [0, 0.05) is 5.70 Å². The highest BCUT2D eigenvalue weighted by Gasteiger charge is 2.32. The summed E-state index contributed by atoms with van der Waals surface area (Å²) in [5.74, 6) is 0.822. The summed E-state index contributed by atoms with van der Waals surface area (Å²) in [7, 11) is 1.28. The predicted octanol–water partition coefficient (Wildman–Crippen LogP) is 6.46. The smallest absolute Gasteiger partial charge is 0.337 e. The summed E-state index contributed by atoms with van der Waals surface area (Å²) in [5, 5.41) is 22.3. The number of carbonyl (C=O) groups excluding carboxylic acids is 2. The molecule has 2 atom stereocenters. The molecule has 5 rings (SSSR count). The van der Waals surface area contributed by atoms with Crippen molar-refractivity contribution < 1.29 is 33.6 Å². The number of aliphatic hydroxyl groups excluding tert-OH is 1. The number of carbonyl (C=O) groups is 2. The minimum absolute atomic E-state index is 0.151. The second-order valence-electron chi connectivity index (χ2n) is 10.7. The number of rotatable bonds is 13. The molecule has 1 aliphatic heterocycles. The Morgan fingerprint density at radius 2 is 1.77 bits per heavy atom. The van der Waals surface area contributed by atoms with Crippen molar-refractivity contribution >= 4 is 60.8 Å². The van der Waals surface area contributed by atoms with Crippen molar-refractivity contribution in [2.24, 2.45) is 5.10 Å². The SMILES string of the molecule is CCOc1cc([C@@H]2NC(=O)NC(C)=C2C(=O)OC)ccc1OC[C@@H](O)N/N=C\c1cc(Br)c(OCc2cccc3ccccc23)c(Br)c1. The van der Waals surface area contributed by atoms with Crippen LogP contribution in [-0.4, -0.2) is 49.9 Å². The molecule has 0 unspecified atom stereocenters. The maximum atomic E-state index is 12.5. The second-order valence-corrected chi connectivity index (χ2v) is 12.4. The van der Waals surface area contributed by atoms with Crippen LogP contribution >= 0.6 is 31.9 Å². The Balaban J connectivity index is 1.19. The van der Waals surface area contributed by atoms with Crippen LogP contribution < -0.4 is 30.3 Å². The van der Waals surface area contributed by atoms with Crippen molar-refractivity contribution in [2.75, 3.05) is 20.3 Å². The summed E-state index contributed by atoms with van der Waals surface area (Å²) in [6.45, 7) is 4.03. The Morgan fingerprint density at radius 1 is 1.02 bits per heavy atom. The molecule has 0 fully saturated rings. The van der Waals surface area contributed by atoms with E-state index in [-0.39, 0.29) is 12.2 Å². The number of hydrogen-bond acceptors (Lipinski definition) is 9. The fourth-order valence-electron chi connectivity index (χ4n) is 5.18. The van der Waals surface area contributed by atoms with Gasteiger partial charge in [-0.25, -0.2) is 9.59 Å². The van der Waals surface area contributed by atoms with Crippen LogP contribution in [-0.2, 0) is 16.1 Å². The van der Waals surface area contributed by atoms with Gasteiger partial charge < -0.3 is 34.7 Å². The summed E-state index contributed by atoms with van der Waals surface area (Å²) in [4.78, 5) is 24.7. The molecule has 0 bridgehead atoms. The Hall–Kier alpha value is -4.59. The first-order valence-corrected chi connectivity index (χ1v) is 16.6. The summed E-state index contributed by atoms with van der Waals surface area (Å²) >= 11 is 7.19. The zero-order valence-corrected chi connectivity index (χ0v) is 29.6. The average Bonchev–Trinajstić information content (AvgIpc) is 3.07. The van der Waals surface area contributed by atoms with Gasteiger partial charge in [0.1, 0.15) is 19.0 Å². The lowest BCUT2D eigenvalue weighted by Gasteiger charge is -2.28. The third kappa shape index (κ3) is 8.27. The summed E-state index contributed by atoms with van der Waals surface area (Å²) in [5.41, 5.74) is 5.74. The topological polar surface area (TPSA) is 140 Å². The number of amides is 2. The number of benzene rings is 4. The van der Waals surface area contributed by atoms with Crippen molar-refractivity contribution in [3.05, 3.63) is 110 Å². The van der Waals surface area contributed by atoms with Crippen LogP contribution in [0.1, 0.15) is 36.6 Å². The maximum absolute atomic E-state index is 12.5. The number of fused-ring (bicyclic) bond motifs is 1. The molecule has 11 nitrogen and oxygen atoms in total. The number of methoxy groups -OCH3 is 1. The van der Waals surface area contributed by atoms with Gasteiger partial charge in [-0.2, -0.15) is 5.10 Å². The van der Waals surface area contributed by atoms with Gasteiger partial charge in [-0.15, -0.1) is 0 Å². The monoisotopic (exact) mass is 780 g/mol. The van der Waals surface area contributed by atoms with Crippen molar-refractivity contribution in [3.63, 3.8) is 0 Å².